The van der Waals surface area contributed by atoms with Crippen molar-refractivity contribution in [1.29, 1.82) is 0 Å². The summed E-state index contributed by atoms with van der Waals surface area (Å²) >= 11 is 0. The Balaban J connectivity index is 1.36. The van der Waals surface area contributed by atoms with Gasteiger partial charge in [0.2, 0.25) is 11.5 Å². The molecule has 2 aliphatic rings. The maximum absolute atomic E-state index is 13.5. The number of alkyl halides is 3. The second-order valence-corrected chi connectivity index (χ2v) is 9.23. The van der Waals surface area contributed by atoms with E-state index in [1.165, 1.54) is 11.1 Å². The van der Waals surface area contributed by atoms with Crippen LogP contribution in [-0.2, 0) is 17.3 Å². The smallest absolute Gasteiger partial charge is 0.437 e. The summed E-state index contributed by atoms with van der Waals surface area (Å²) in [6.45, 7) is 6.47. The van der Waals surface area contributed by atoms with E-state index in [9.17, 15) is 22.8 Å². The third-order valence-corrected chi connectivity index (χ3v) is 6.78. The average Bonchev–Trinajstić information content (AvgIpc) is 3.56. The van der Waals surface area contributed by atoms with Crippen LogP contribution in [0.1, 0.15) is 61.3 Å². The van der Waals surface area contributed by atoms with Crippen LogP contribution in [0.3, 0.4) is 0 Å². The molecule has 2 fully saturated rings. The third-order valence-electron chi connectivity index (χ3n) is 6.78. The van der Waals surface area contributed by atoms with Crippen molar-refractivity contribution >= 4 is 23.7 Å². The Morgan fingerprint density at radius 2 is 1.78 bits per heavy atom. The van der Waals surface area contributed by atoms with E-state index in [-0.39, 0.29) is 24.6 Å². The van der Waals surface area contributed by atoms with Crippen LogP contribution in [0.2, 0.25) is 0 Å². The highest BCUT2D eigenvalue weighted by Gasteiger charge is 2.41. The van der Waals surface area contributed by atoms with Crippen LogP contribution in [0, 0.1) is 0 Å². The molecule has 4 rings (SSSR count). The van der Waals surface area contributed by atoms with E-state index < -0.39 is 23.4 Å². The first-order valence-electron chi connectivity index (χ1n) is 12.7. The summed E-state index contributed by atoms with van der Waals surface area (Å²) in [5.74, 6) is -0.944. The quantitative estimate of drug-likeness (QED) is 0.465. The minimum absolute atomic E-state index is 0.0236. The predicted octanol–water partition coefficient (Wildman–Crippen LogP) is 4.56. The maximum atomic E-state index is 13.5. The fourth-order valence-electron chi connectivity index (χ4n) is 4.63. The Kier molecular flexibility index (Phi) is 8.23. The van der Waals surface area contributed by atoms with Gasteiger partial charge in [0.15, 0.2) is 5.69 Å². The van der Waals surface area contributed by atoms with E-state index >= 15 is 0 Å². The number of amides is 1. The van der Waals surface area contributed by atoms with Crippen molar-refractivity contribution in [2.45, 2.75) is 58.2 Å². The number of halogens is 3. The Labute approximate surface area is 213 Å². The van der Waals surface area contributed by atoms with Crippen molar-refractivity contribution in [3.63, 3.8) is 0 Å². The van der Waals surface area contributed by atoms with E-state index in [1.807, 2.05) is 4.90 Å². The van der Waals surface area contributed by atoms with Gasteiger partial charge in [-0.15, -0.1) is 0 Å². The molecule has 2 aromatic rings. The van der Waals surface area contributed by atoms with Crippen LogP contribution >= 0.6 is 0 Å². The molecule has 37 heavy (non-hydrogen) atoms. The minimum atomic E-state index is -4.81. The minimum Gasteiger partial charge on any atom is -0.446 e. The molecule has 0 unspecified atom stereocenters. The zero-order chi connectivity index (χ0) is 26.6. The van der Waals surface area contributed by atoms with Gasteiger partial charge < -0.3 is 23.9 Å². The lowest BCUT2D eigenvalue weighted by Crippen LogP contribution is -2.49. The first-order valence-corrected chi connectivity index (χ1v) is 12.7. The van der Waals surface area contributed by atoms with Gasteiger partial charge in [0, 0.05) is 51.9 Å². The Morgan fingerprint density at radius 3 is 2.35 bits per heavy atom. The summed E-state index contributed by atoms with van der Waals surface area (Å²) in [7, 11) is 0. The molecule has 9 nitrogen and oxygen atoms in total. The molecule has 1 saturated heterocycles. The summed E-state index contributed by atoms with van der Waals surface area (Å²) in [5, 5.41) is 0. The van der Waals surface area contributed by atoms with E-state index in [1.54, 1.807) is 30.9 Å². The Bertz CT molecular complexity index is 1070. The molecule has 0 bridgehead atoms. The molecule has 1 aliphatic carbocycles. The topological polar surface area (TPSA) is 92.0 Å². The van der Waals surface area contributed by atoms with Gasteiger partial charge in [-0.3, -0.25) is 4.79 Å². The zero-order valence-corrected chi connectivity index (χ0v) is 21.1. The van der Waals surface area contributed by atoms with Gasteiger partial charge in [-0.2, -0.15) is 18.2 Å². The largest absolute Gasteiger partial charge is 0.446 e. The molecule has 0 aromatic carbocycles. The number of oxazole rings is 1. The molecule has 0 spiro atoms. The molecule has 3 heterocycles. The number of aromatic nitrogens is 2. The number of Topliss-reactive ketones (excluding diaryl/α,β-unsaturated/α-hetero) is 1. The maximum Gasteiger partial charge on any atom is 0.437 e. The molecule has 0 N–H and O–H groups in total. The van der Waals surface area contributed by atoms with Crippen molar-refractivity contribution < 1.29 is 31.9 Å². The van der Waals surface area contributed by atoms with E-state index in [0.29, 0.717) is 50.6 Å². The average molecular weight is 524 g/mol. The van der Waals surface area contributed by atoms with Crippen LogP contribution in [0.4, 0.5) is 29.8 Å². The molecule has 12 heteroatoms. The number of hydrogen-bond acceptors (Lipinski definition) is 8. The van der Waals surface area contributed by atoms with Gasteiger partial charge in [0.1, 0.15) is 11.9 Å². The van der Waals surface area contributed by atoms with E-state index in [4.69, 9.17) is 9.15 Å². The summed E-state index contributed by atoms with van der Waals surface area (Å²) in [5.41, 5.74) is -0.852. The lowest BCUT2D eigenvalue weighted by atomic mass is 10.1. The van der Waals surface area contributed by atoms with Gasteiger partial charge in [-0.05, 0) is 51.2 Å². The molecule has 2 aromatic heterocycles. The number of anilines is 2. The van der Waals surface area contributed by atoms with Crippen molar-refractivity contribution in [2.24, 2.45) is 0 Å². The van der Waals surface area contributed by atoms with Crippen LogP contribution in [0.25, 0.3) is 0 Å². The lowest BCUT2D eigenvalue weighted by Gasteiger charge is -2.35. The van der Waals surface area contributed by atoms with Crippen LogP contribution in [0.5, 0.6) is 0 Å². The Hall–Kier alpha value is -3.31. The number of carbonyl (C=O) groups is 2. The molecule has 202 valence electrons. The van der Waals surface area contributed by atoms with Crippen LogP contribution in [0.15, 0.2) is 22.7 Å². The molecule has 1 saturated carbocycles. The molecular formula is C25H32F3N5O4. The van der Waals surface area contributed by atoms with Crippen molar-refractivity contribution in [3.05, 3.63) is 35.3 Å². The van der Waals surface area contributed by atoms with Gasteiger partial charge in [-0.1, -0.05) is 6.07 Å². The van der Waals surface area contributed by atoms with E-state index in [2.05, 4.69) is 9.97 Å². The highest BCUT2D eigenvalue weighted by atomic mass is 19.4. The highest BCUT2D eigenvalue weighted by molar-refractivity contribution is 5.96. The zero-order valence-electron chi connectivity index (χ0n) is 21.1. The van der Waals surface area contributed by atoms with Crippen molar-refractivity contribution in [2.75, 3.05) is 49.1 Å². The fourth-order valence-corrected chi connectivity index (χ4v) is 4.63. The number of nitrogens with zero attached hydrogens (tertiary/aromatic N) is 5. The first kappa shape index (κ1) is 26.7. The van der Waals surface area contributed by atoms with Crippen molar-refractivity contribution in [1.82, 2.24) is 14.9 Å². The molecule has 0 radical (unpaired) electrons. The lowest BCUT2D eigenvalue weighted by molar-refractivity contribution is -0.141. The number of pyridine rings is 1. The molecular weight excluding hydrogens is 491 g/mol. The number of ether oxygens (including phenoxy) is 1. The number of carbonyl (C=O) groups excluding carboxylic acids is 2. The second-order valence-electron chi connectivity index (χ2n) is 9.23. The monoisotopic (exact) mass is 523 g/mol. The van der Waals surface area contributed by atoms with Gasteiger partial charge in [0.05, 0.1) is 0 Å². The highest BCUT2D eigenvalue weighted by Crippen LogP contribution is 2.34. The van der Waals surface area contributed by atoms with Gasteiger partial charge >= 0.3 is 12.3 Å². The second kappa shape index (κ2) is 11.4. The molecule has 1 amide bonds. The summed E-state index contributed by atoms with van der Waals surface area (Å²) < 4.78 is 51.4. The molecule has 0 atom stereocenters. The van der Waals surface area contributed by atoms with Crippen LogP contribution in [-0.4, -0.2) is 72.1 Å². The summed E-state index contributed by atoms with van der Waals surface area (Å²) in [6.07, 6.45) is 0.154. The molecule has 1 aliphatic heterocycles. The normalized spacial score (nSPS) is 16.8. The predicted molar refractivity (Wildman–Crippen MR) is 130 cm³/mol. The summed E-state index contributed by atoms with van der Waals surface area (Å²) in [4.78, 5) is 38.3. The number of piperazine rings is 1. The van der Waals surface area contributed by atoms with Gasteiger partial charge in [-0.25, -0.2) is 9.78 Å². The Morgan fingerprint density at radius 1 is 1.11 bits per heavy atom. The van der Waals surface area contributed by atoms with Crippen molar-refractivity contribution in [3.8, 4) is 0 Å². The first-order chi connectivity index (χ1) is 17.7. The van der Waals surface area contributed by atoms with Crippen LogP contribution < -0.4 is 9.80 Å². The SMILES string of the molecule is CCN(CC)c1nc(C(F)(F)F)c(C(=O)Cc2ccc(N3CCN(C(=O)OC4CCCC4)CC3)nc2)o1. The van der Waals surface area contributed by atoms with Gasteiger partial charge in [0.25, 0.3) is 6.01 Å². The summed E-state index contributed by atoms with van der Waals surface area (Å²) in [6, 6.07) is 3.16. The number of rotatable bonds is 8. The number of ketones is 1. The fraction of sp³-hybridized carbons (Fsp3) is 0.600. The number of hydrogen-bond donors (Lipinski definition) is 0. The standard InChI is InChI=1S/C25H32F3N5O4/c1-3-31(4-2)23-30-22(25(26,27)28)21(37-23)19(34)15-17-9-10-20(29-16-17)32-11-13-33(14-12-32)24(35)36-18-7-5-6-8-18/h9-10,16,18H,3-8,11-15H2,1-2H3. The van der Waals surface area contributed by atoms with E-state index in [0.717, 1.165) is 25.7 Å². The third kappa shape index (κ3) is 6.34.